The van der Waals surface area contributed by atoms with Crippen LogP contribution in [0.3, 0.4) is 0 Å². The predicted molar refractivity (Wildman–Crippen MR) is 85.4 cm³/mol. The SMILES string of the molecule is CCOC(=O)c1cnn2c1NC(c1ccc(C)cc1)CC2C(F)F. The monoisotopic (exact) mass is 335 g/mol. The van der Waals surface area contributed by atoms with Gasteiger partial charge in [-0.05, 0) is 25.8 Å². The Hall–Kier alpha value is -2.44. The number of halogens is 2. The molecule has 1 aliphatic rings. The molecule has 7 heteroatoms. The highest BCUT2D eigenvalue weighted by molar-refractivity contribution is 5.94. The van der Waals surface area contributed by atoms with E-state index in [2.05, 4.69) is 10.4 Å². The van der Waals surface area contributed by atoms with Crippen molar-refractivity contribution < 1.29 is 18.3 Å². The molecule has 3 rings (SSSR count). The molecular weight excluding hydrogens is 316 g/mol. The largest absolute Gasteiger partial charge is 0.462 e. The van der Waals surface area contributed by atoms with E-state index in [-0.39, 0.29) is 30.5 Å². The third-order valence-electron chi connectivity index (χ3n) is 4.16. The standard InChI is InChI=1S/C17H19F2N3O2/c1-3-24-17(23)12-9-20-22-14(15(18)19)8-13(21-16(12)22)11-6-4-10(2)5-7-11/h4-7,9,13-15,21H,3,8H2,1-2H3. The van der Waals surface area contributed by atoms with Gasteiger partial charge in [0, 0.05) is 0 Å². The van der Waals surface area contributed by atoms with Crippen molar-refractivity contribution >= 4 is 11.8 Å². The van der Waals surface area contributed by atoms with Crippen molar-refractivity contribution in [3.05, 3.63) is 47.2 Å². The predicted octanol–water partition coefficient (Wildman–Crippen LogP) is 3.73. The number of alkyl halides is 2. The number of benzene rings is 1. The van der Waals surface area contributed by atoms with Gasteiger partial charge in [-0.3, -0.25) is 0 Å². The van der Waals surface area contributed by atoms with Gasteiger partial charge in [0.2, 0.25) is 0 Å². The summed E-state index contributed by atoms with van der Waals surface area (Å²) in [5, 5.41) is 7.15. The van der Waals surface area contributed by atoms with Crippen molar-refractivity contribution in [2.45, 2.75) is 38.8 Å². The van der Waals surface area contributed by atoms with Crippen LogP contribution in [0.15, 0.2) is 30.5 Å². The van der Waals surface area contributed by atoms with Crippen LogP contribution in [0.2, 0.25) is 0 Å². The maximum absolute atomic E-state index is 13.5. The molecule has 128 valence electrons. The molecule has 2 aromatic rings. The fourth-order valence-electron chi connectivity index (χ4n) is 2.91. The van der Waals surface area contributed by atoms with E-state index in [9.17, 15) is 13.6 Å². The lowest BCUT2D eigenvalue weighted by Crippen LogP contribution is -2.31. The number of nitrogens with zero attached hydrogens (tertiary/aromatic N) is 2. The number of esters is 1. The lowest BCUT2D eigenvalue weighted by Gasteiger charge is -2.32. The third-order valence-corrected chi connectivity index (χ3v) is 4.16. The van der Waals surface area contributed by atoms with Gasteiger partial charge in [0.05, 0.1) is 18.8 Å². The zero-order chi connectivity index (χ0) is 17.3. The number of ether oxygens (including phenoxy) is 1. The van der Waals surface area contributed by atoms with Crippen molar-refractivity contribution in [2.24, 2.45) is 0 Å². The van der Waals surface area contributed by atoms with Crippen molar-refractivity contribution in [1.29, 1.82) is 0 Å². The number of carbonyl (C=O) groups is 1. The molecule has 1 aromatic carbocycles. The first-order chi connectivity index (χ1) is 11.5. The number of hydrogen-bond acceptors (Lipinski definition) is 4. The zero-order valence-corrected chi connectivity index (χ0v) is 13.5. The van der Waals surface area contributed by atoms with Crippen LogP contribution in [0.4, 0.5) is 14.6 Å². The molecule has 0 spiro atoms. The minimum atomic E-state index is -2.58. The molecule has 0 fully saturated rings. The van der Waals surface area contributed by atoms with E-state index in [0.717, 1.165) is 11.1 Å². The fraction of sp³-hybridized carbons (Fsp3) is 0.412. The van der Waals surface area contributed by atoms with Crippen molar-refractivity contribution in [3.63, 3.8) is 0 Å². The van der Waals surface area contributed by atoms with Gasteiger partial charge in [-0.2, -0.15) is 5.10 Å². The number of carbonyl (C=O) groups excluding carboxylic acids is 1. The van der Waals surface area contributed by atoms with Crippen LogP contribution in [0, 0.1) is 6.92 Å². The van der Waals surface area contributed by atoms with Gasteiger partial charge in [0.1, 0.15) is 17.4 Å². The highest BCUT2D eigenvalue weighted by Gasteiger charge is 2.36. The maximum Gasteiger partial charge on any atom is 0.343 e. The molecule has 1 N–H and O–H groups in total. The van der Waals surface area contributed by atoms with Gasteiger partial charge < -0.3 is 10.1 Å². The fourth-order valence-corrected chi connectivity index (χ4v) is 2.91. The molecule has 0 bridgehead atoms. The Labute approximate surface area is 138 Å². The molecule has 0 saturated heterocycles. The van der Waals surface area contributed by atoms with Crippen LogP contribution in [-0.2, 0) is 4.74 Å². The van der Waals surface area contributed by atoms with Crippen LogP contribution >= 0.6 is 0 Å². The third kappa shape index (κ3) is 2.98. The molecular formula is C17H19F2N3O2. The molecule has 0 aliphatic carbocycles. The number of aromatic nitrogens is 2. The second-order valence-corrected chi connectivity index (χ2v) is 5.82. The summed E-state index contributed by atoms with van der Waals surface area (Å²) in [7, 11) is 0. The van der Waals surface area contributed by atoms with Crippen LogP contribution in [0.5, 0.6) is 0 Å². The van der Waals surface area contributed by atoms with E-state index in [1.807, 2.05) is 31.2 Å². The Morgan fingerprint density at radius 2 is 2.12 bits per heavy atom. The Balaban J connectivity index is 1.98. The second-order valence-electron chi connectivity index (χ2n) is 5.82. The quantitative estimate of drug-likeness (QED) is 0.865. The van der Waals surface area contributed by atoms with Gasteiger partial charge in [-0.1, -0.05) is 29.8 Å². The van der Waals surface area contributed by atoms with Crippen LogP contribution in [0.1, 0.15) is 46.9 Å². The molecule has 0 radical (unpaired) electrons. The summed E-state index contributed by atoms with van der Waals surface area (Å²) in [4.78, 5) is 12.0. The van der Waals surface area contributed by atoms with Gasteiger partial charge in [-0.15, -0.1) is 0 Å². The summed E-state index contributed by atoms with van der Waals surface area (Å²) >= 11 is 0. The van der Waals surface area contributed by atoms with Gasteiger partial charge in [-0.25, -0.2) is 18.3 Å². The van der Waals surface area contributed by atoms with Crippen LogP contribution in [-0.4, -0.2) is 28.8 Å². The van der Waals surface area contributed by atoms with E-state index in [1.165, 1.54) is 10.9 Å². The number of aryl methyl sites for hydroxylation is 1. The first-order valence-electron chi connectivity index (χ1n) is 7.87. The van der Waals surface area contributed by atoms with Crippen molar-refractivity contribution in [1.82, 2.24) is 9.78 Å². The van der Waals surface area contributed by atoms with Crippen LogP contribution in [0.25, 0.3) is 0 Å². The molecule has 2 unspecified atom stereocenters. The number of anilines is 1. The minimum absolute atomic E-state index is 0.180. The lowest BCUT2D eigenvalue weighted by atomic mass is 9.96. The molecule has 2 atom stereocenters. The Morgan fingerprint density at radius 1 is 1.42 bits per heavy atom. The maximum atomic E-state index is 13.5. The number of nitrogens with one attached hydrogen (secondary N) is 1. The Bertz CT molecular complexity index is 728. The Morgan fingerprint density at radius 3 is 2.75 bits per heavy atom. The average Bonchev–Trinajstić information content (AvgIpc) is 2.98. The number of rotatable bonds is 4. The highest BCUT2D eigenvalue weighted by Crippen LogP contribution is 2.39. The van der Waals surface area contributed by atoms with Gasteiger partial charge in [0.15, 0.2) is 0 Å². The van der Waals surface area contributed by atoms with Crippen molar-refractivity contribution in [2.75, 3.05) is 11.9 Å². The van der Waals surface area contributed by atoms with Crippen molar-refractivity contribution in [3.8, 4) is 0 Å². The summed E-state index contributed by atoms with van der Waals surface area (Å²) in [5.74, 6) is -0.278. The smallest absolute Gasteiger partial charge is 0.343 e. The lowest BCUT2D eigenvalue weighted by molar-refractivity contribution is 0.0521. The normalized spacial score (nSPS) is 19.7. The summed E-state index contributed by atoms with van der Waals surface area (Å²) in [6.07, 6.45) is -1.10. The summed E-state index contributed by atoms with van der Waals surface area (Å²) in [6, 6.07) is 6.29. The molecule has 1 aromatic heterocycles. The first-order valence-corrected chi connectivity index (χ1v) is 7.87. The summed E-state index contributed by atoms with van der Waals surface area (Å²) in [6.45, 7) is 3.87. The molecule has 5 nitrogen and oxygen atoms in total. The van der Waals surface area contributed by atoms with E-state index in [4.69, 9.17) is 4.74 Å². The van der Waals surface area contributed by atoms with Gasteiger partial charge >= 0.3 is 5.97 Å². The Kier molecular flexibility index (Phi) is 4.51. The number of hydrogen-bond donors (Lipinski definition) is 1. The van der Waals surface area contributed by atoms with E-state index >= 15 is 0 Å². The summed E-state index contributed by atoms with van der Waals surface area (Å²) < 4.78 is 33.2. The van der Waals surface area contributed by atoms with E-state index in [0.29, 0.717) is 0 Å². The van der Waals surface area contributed by atoms with E-state index < -0.39 is 18.4 Å². The first kappa shape index (κ1) is 16.4. The van der Waals surface area contributed by atoms with Gasteiger partial charge in [0.25, 0.3) is 6.43 Å². The number of fused-ring (bicyclic) bond motifs is 1. The summed E-state index contributed by atoms with van der Waals surface area (Å²) in [5.41, 5.74) is 2.17. The molecule has 2 heterocycles. The highest BCUT2D eigenvalue weighted by atomic mass is 19.3. The van der Waals surface area contributed by atoms with E-state index in [1.54, 1.807) is 6.92 Å². The molecule has 0 amide bonds. The topological polar surface area (TPSA) is 56.1 Å². The minimum Gasteiger partial charge on any atom is -0.462 e. The zero-order valence-electron chi connectivity index (χ0n) is 13.5. The van der Waals surface area contributed by atoms with Crippen LogP contribution < -0.4 is 5.32 Å². The molecule has 24 heavy (non-hydrogen) atoms. The second kappa shape index (κ2) is 6.59. The average molecular weight is 335 g/mol. The molecule has 0 saturated carbocycles. The molecule has 1 aliphatic heterocycles.